The van der Waals surface area contributed by atoms with E-state index in [1.807, 2.05) is 24.3 Å². The molecule has 0 aliphatic heterocycles. The first-order chi connectivity index (χ1) is 15.8. The van der Waals surface area contributed by atoms with E-state index in [0.29, 0.717) is 36.8 Å². The summed E-state index contributed by atoms with van der Waals surface area (Å²) in [5, 5.41) is 6.02. The van der Waals surface area contributed by atoms with E-state index in [1.54, 1.807) is 25.3 Å². The van der Waals surface area contributed by atoms with Crippen molar-refractivity contribution in [2.24, 2.45) is 17.8 Å². The first kappa shape index (κ1) is 30.4. The molecule has 0 aliphatic carbocycles. The Labute approximate surface area is 199 Å². The SMILES string of the molecule is C#CNC(F)[C@H](C)C/C=C/C(=C/C=C\N(F)CC(/C=C\CCCF)CCC(C)C)CNC=C. The molecule has 3 nitrogen and oxygen atoms in total. The minimum absolute atomic E-state index is 0.0687. The van der Waals surface area contributed by atoms with Gasteiger partial charge in [-0.1, -0.05) is 70.6 Å². The summed E-state index contributed by atoms with van der Waals surface area (Å²) in [6, 6.07) is 2.11. The van der Waals surface area contributed by atoms with Gasteiger partial charge >= 0.3 is 0 Å². The summed E-state index contributed by atoms with van der Waals surface area (Å²) in [6.45, 7) is 10.1. The lowest BCUT2D eigenvalue weighted by Crippen LogP contribution is -2.26. The summed E-state index contributed by atoms with van der Waals surface area (Å²) in [5.41, 5.74) is 0.898. The molecule has 0 bridgehead atoms. The molecule has 186 valence electrons. The Kier molecular flexibility index (Phi) is 18.5. The highest BCUT2D eigenvalue weighted by atomic mass is 19.2. The maximum absolute atomic E-state index is 14.5. The number of nitrogens with zero attached hydrogens (tertiary/aromatic N) is 1. The quantitative estimate of drug-likeness (QED) is 0.0420. The van der Waals surface area contributed by atoms with Crippen molar-refractivity contribution in [1.82, 2.24) is 15.8 Å². The lowest BCUT2D eigenvalue weighted by atomic mass is 9.97. The van der Waals surface area contributed by atoms with Crippen LogP contribution in [0.3, 0.4) is 0 Å². The first-order valence-corrected chi connectivity index (χ1v) is 11.7. The summed E-state index contributed by atoms with van der Waals surface area (Å²) >= 11 is 0. The smallest absolute Gasteiger partial charge is 0.179 e. The van der Waals surface area contributed by atoms with Gasteiger partial charge < -0.3 is 10.6 Å². The van der Waals surface area contributed by atoms with Crippen LogP contribution in [0.15, 0.2) is 61.0 Å². The van der Waals surface area contributed by atoms with Crippen LogP contribution in [0, 0.1) is 30.2 Å². The van der Waals surface area contributed by atoms with Crippen molar-refractivity contribution >= 4 is 0 Å². The average Bonchev–Trinajstić information content (AvgIpc) is 2.78. The minimum Gasteiger partial charge on any atom is -0.387 e. The van der Waals surface area contributed by atoms with E-state index in [1.165, 1.54) is 6.20 Å². The van der Waals surface area contributed by atoms with Crippen LogP contribution >= 0.6 is 0 Å². The molecule has 0 saturated carbocycles. The molecule has 0 saturated heterocycles. The standard InChI is InChI=1S/C27H42F3N3/c1-6-31-21-25(15-11-13-24(5)27(29)32-7-2)16-12-20-33(30)22-26(18-17-23(3)4)14-9-8-10-19-28/h2,6,9,11-12,14-16,20,23-24,26-27,31-32H,1,8,10,13,17-19,21-22H2,3-5H3/b14-9-,15-11+,20-12-,25-16-/t24-,26?,27?/m1/s1. The summed E-state index contributed by atoms with van der Waals surface area (Å²) < 4.78 is 40.5. The predicted molar refractivity (Wildman–Crippen MR) is 135 cm³/mol. The Balaban J connectivity index is 4.98. The number of alkyl halides is 2. The molecular formula is C27H42F3N3. The number of hydrogen-bond acceptors (Lipinski definition) is 3. The molecule has 0 aromatic carbocycles. The fourth-order valence-electron chi connectivity index (χ4n) is 2.96. The van der Waals surface area contributed by atoms with E-state index >= 15 is 0 Å². The van der Waals surface area contributed by atoms with Crippen LogP contribution in [0.5, 0.6) is 0 Å². The van der Waals surface area contributed by atoms with Crippen molar-refractivity contribution in [1.29, 1.82) is 0 Å². The van der Waals surface area contributed by atoms with Crippen LogP contribution in [0.2, 0.25) is 0 Å². The summed E-state index contributed by atoms with van der Waals surface area (Å²) in [5.74, 6) is 0.338. The van der Waals surface area contributed by atoms with Crippen molar-refractivity contribution < 1.29 is 13.3 Å². The van der Waals surface area contributed by atoms with Crippen LogP contribution in [-0.4, -0.2) is 31.2 Å². The zero-order valence-electron chi connectivity index (χ0n) is 20.5. The Hall–Kier alpha value is -2.55. The second-order valence-electron chi connectivity index (χ2n) is 8.55. The Morgan fingerprint density at radius 1 is 1.21 bits per heavy atom. The van der Waals surface area contributed by atoms with Crippen LogP contribution in [0.1, 0.15) is 52.9 Å². The minimum atomic E-state index is -1.27. The number of terminal acetylenes is 1. The van der Waals surface area contributed by atoms with Gasteiger partial charge in [0.25, 0.3) is 0 Å². The molecule has 0 aromatic heterocycles. The average molecular weight is 466 g/mol. The summed E-state index contributed by atoms with van der Waals surface area (Å²) in [4.78, 5) is 0. The number of unbranched alkanes of at least 4 members (excludes halogenated alkanes) is 1. The number of rotatable bonds is 19. The zero-order valence-corrected chi connectivity index (χ0v) is 20.5. The molecule has 0 aliphatic rings. The normalized spacial score (nSPS) is 15.2. The van der Waals surface area contributed by atoms with Crippen molar-refractivity contribution in [3.63, 3.8) is 0 Å². The molecular weight excluding hydrogens is 423 g/mol. The lowest BCUT2D eigenvalue weighted by molar-refractivity contribution is 0.0739. The first-order valence-electron chi connectivity index (χ1n) is 11.7. The third-order valence-electron chi connectivity index (χ3n) is 5.01. The Morgan fingerprint density at radius 3 is 2.61 bits per heavy atom. The topological polar surface area (TPSA) is 27.3 Å². The number of nitrogens with one attached hydrogen (secondary N) is 2. The van der Waals surface area contributed by atoms with E-state index in [0.717, 1.165) is 18.4 Å². The lowest BCUT2D eigenvalue weighted by Gasteiger charge is -2.17. The molecule has 0 rings (SSSR count). The molecule has 0 amide bonds. The van der Waals surface area contributed by atoms with Crippen LogP contribution in [0.4, 0.5) is 13.3 Å². The fourth-order valence-corrected chi connectivity index (χ4v) is 2.96. The zero-order chi connectivity index (χ0) is 24.9. The van der Waals surface area contributed by atoms with Crippen molar-refractivity contribution in [2.45, 2.75) is 59.2 Å². The van der Waals surface area contributed by atoms with Gasteiger partial charge in [-0.3, -0.25) is 4.39 Å². The molecule has 2 unspecified atom stereocenters. The van der Waals surface area contributed by atoms with Crippen molar-refractivity contribution in [3.8, 4) is 12.5 Å². The third kappa shape index (κ3) is 17.7. The molecule has 0 aromatic rings. The number of halogens is 3. The highest BCUT2D eigenvalue weighted by Crippen LogP contribution is 2.17. The van der Waals surface area contributed by atoms with Crippen LogP contribution in [-0.2, 0) is 0 Å². The third-order valence-corrected chi connectivity index (χ3v) is 5.01. The van der Waals surface area contributed by atoms with Crippen molar-refractivity contribution in [3.05, 3.63) is 61.0 Å². The van der Waals surface area contributed by atoms with Gasteiger partial charge in [-0.25, -0.2) is 9.51 Å². The molecule has 0 fully saturated rings. The predicted octanol–water partition coefficient (Wildman–Crippen LogP) is 6.76. The maximum atomic E-state index is 14.5. The molecule has 0 heterocycles. The van der Waals surface area contributed by atoms with Gasteiger partial charge in [0.15, 0.2) is 6.30 Å². The fraction of sp³-hybridized carbons (Fsp3) is 0.556. The van der Waals surface area contributed by atoms with Crippen LogP contribution < -0.4 is 10.6 Å². The molecule has 0 radical (unpaired) electrons. The molecule has 33 heavy (non-hydrogen) atoms. The Bertz CT molecular complexity index is 662. The monoisotopic (exact) mass is 465 g/mol. The molecule has 0 spiro atoms. The largest absolute Gasteiger partial charge is 0.387 e. The number of hydrogen-bond donors (Lipinski definition) is 2. The van der Waals surface area contributed by atoms with Crippen LogP contribution in [0.25, 0.3) is 0 Å². The molecule has 6 heteroatoms. The highest BCUT2D eigenvalue weighted by molar-refractivity contribution is 5.25. The highest BCUT2D eigenvalue weighted by Gasteiger charge is 2.12. The van der Waals surface area contributed by atoms with Gasteiger partial charge in [0.2, 0.25) is 0 Å². The summed E-state index contributed by atoms with van der Waals surface area (Å²) in [6.07, 6.45) is 21.5. The van der Waals surface area contributed by atoms with Gasteiger partial charge in [0, 0.05) is 24.7 Å². The van der Waals surface area contributed by atoms with E-state index < -0.39 is 6.30 Å². The van der Waals surface area contributed by atoms with Gasteiger partial charge in [0.1, 0.15) is 0 Å². The molecule has 2 N–H and O–H groups in total. The summed E-state index contributed by atoms with van der Waals surface area (Å²) in [7, 11) is 0. The van der Waals surface area contributed by atoms with Gasteiger partial charge in [-0.05, 0) is 55.4 Å². The van der Waals surface area contributed by atoms with E-state index in [9.17, 15) is 13.3 Å². The van der Waals surface area contributed by atoms with E-state index in [4.69, 9.17) is 6.42 Å². The van der Waals surface area contributed by atoms with Gasteiger partial charge in [0.05, 0.1) is 13.2 Å². The molecule has 3 atom stereocenters. The van der Waals surface area contributed by atoms with E-state index in [2.05, 4.69) is 37.1 Å². The second kappa shape index (κ2) is 20.1. The van der Waals surface area contributed by atoms with E-state index in [-0.39, 0.29) is 25.1 Å². The maximum Gasteiger partial charge on any atom is 0.179 e. The van der Waals surface area contributed by atoms with Crippen molar-refractivity contribution in [2.75, 3.05) is 19.8 Å². The van der Waals surface area contributed by atoms with Gasteiger partial charge in [-0.2, -0.15) is 0 Å². The number of allylic oxidation sites excluding steroid dienone is 4. The Morgan fingerprint density at radius 2 is 1.97 bits per heavy atom. The second-order valence-corrected chi connectivity index (χ2v) is 8.55. The van der Waals surface area contributed by atoms with Gasteiger partial charge in [-0.15, -0.1) is 4.48 Å².